The van der Waals surface area contributed by atoms with Gasteiger partial charge in [0, 0.05) is 37.7 Å². The lowest BCUT2D eigenvalue weighted by Gasteiger charge is -2.09. The minimum absolute atomic E-state index is 0.640. The monoisotopic (exact) mass is 532 g/mol. The molecule has 0 aliphatic rings. The Morgan fingerprint density at radius 3 is 1.85 bits per heavy atom. The zero-order valence-corrected chi connectivity index (χ0v) is 22.1. The average molecular weight is 533 g/mol. The first-order valence-corrected chi connectivity index (χ1v) is 13.6. The lowest BCUT2D eigenvalue weighted by atomic mass is 10.0. The van der Waals surface area contributed by atoms with E-state index in [0.717, 1.165) is 77.4 Å². The van der Waals surface area contributed by atoms with E-state index in [-0.39, 0.29) is 0 Å². The molecule has 0 saturated carbocycles. The Hall–Kier alpha value is -4.99. The van der Waals surface area contributed by atoms with Gasteiger partial charge >= 0.3 is 0 Å². The van der Waals surface area contributed by atoms with E-state index in [1.165, 1.54) is 0 Å². The summed E-state index contributed by atoms with van der Waals surface area (Å²) < 4.78 is 6.52. The highest BCUT2D eigenvalue weighted by atomic mass is 35.5. The number of fused-ring (bicyclic) bond motifs is 6. The van der Waals surface area contributed by atoms with Gasteiger partial charge in [-0.3, -0.25) is 0 Å². The van der Waals surface area contributed by atoms with Gasteiger partial charge in [0.25, 0.3) is 0 Å². The molecule has 3 heterocycles. The standard InChI is InChI=1S/C36H21ClN2O/c37-27-20-29-28-16-13-26(22-7-3-1-4-8-22)19-33(28)40-36(29)30(21-27)32-18-15-25-12-11-24-14-17-31(23-9-5-2-6-10-23)38-34(24)35(25)39-32/h1-21H. The second-order valence-electron chi connectivity index (χ2n) is 9.98. The average Bonchev–Trinajstić information content (AvgIpc) is 3.38. The molecule has 4 heteroatoms. The third-order valence-electron chi connectivity index (χ3n) is 7.51. The first-order valence-electron chi connectivity index (χ1n) is 13.2. The zero-order chi connectivity index (χ0) is 26.6. The minimum atomic E-state index is 0.640. The number of halogens is 1. The molecule has 0 unspecified atom stereocenters. The molecular formula is C36H21ClN2O. The molecule has 0 atom stereocenters. The number of pyridine rings is 2. The fourth-order valence-electron chi connectivity index (χ4n) is 5.53. The van der Waals surface area contributed by atoms with Gasteiger partial charge in [-0.15, -0.1) is 0 Å². The van der Waals surface area contributed by atoms with E-state index in [1.807, 2.05) is 54.6 Å². The largest absolute Gasteiger partial charge is 0.455 e. The van der Waals surface area contributed by atoms with Crippen LogP contribution in [0.5, 0.6) is 0 Å². The van der Waals surface area contributed by atoms with Crippen LogP contribution in [0.3, 0.4) is 0 Å². The molecule has 40 heavy (non-hydrogen) atoms. The number of benzene rings is 5. The summed E-state index contributed by atoms with van der Waals surface area (Å²) >= 11 is 6.68. The summed E-state index contributed by atoms with van der Waals surface area (Å²) in [5.41, 5.74) is 9.22. The van der Waals surface area contributed by atoms with Crippen molar-refractivity contribution in [1.29, 1.82) is 0 Å². The Morgan fingerprint density at radius 2 is 1.12 bits per heavy atom. The lowest BCUT2D eigenvalue weighted by Crippen LogP contribution is -1.91. The minimum Gasteiger partial charge on any atom is -0.455 e. The lowest BCUT2D eigenvalue weighted by molar-refractivity contribution is 0.670. The summed E-state index contributed by atoms with van der Waals surface area (Å²) in [5.74, 6) is 0. The van der Waals surface area contributed by atoms with Gasteiger partial charge in [-0.1, -0.05) is 103 Å². The summed E-state index contributed by atoms with van der Waals surface area (Å²) in [5, 5.41) is 4.72. The van der Waals surface area contributed by atoms with Gasteiger partial charge in [0.05, 0.1) is 22.4 Å². The number of aromatic nitrogens is 2. The molecule has 5 aromatic carbocycles. The number of rotatable bonds is 3. The van der Waals surface area contributed by atoms with E-state index in [0.29, 0.717) is 5.02 Å². The fourth-order valence-corrected chi connectivity index (χ4v) is 5.75. The topological polar surface area (TPSA) is 38.9 Å². The molecule has 0 amide bonds. The number of nitrogens with zero attached hydrogens (tertiary/aromatic N) is 2. The van der Waals surface area contributed by atoms with E-state index in [2.05, 4.69) is 72.8 Å². The molecule has 0 N–H and O–H groups in total. The molecular weight excluding hydrogens is 512 g/mol. The predicted octanol–water partition coefficient (Wildman–Crippen LogP) is 10.3. The molecule has 0 radical (unpaired) electrons. The second-order valence-corrected chi connectivity index (χ2v) is 10.4. The van der Waals surface area contributed by atoms with Gasteiger partial charge in [0.15, 0.2) is 0 Å². The maximum Gasteiger partial charge on any atom is 0.144 e. The Morgan fingerprint density at radius 1 is 0.500 bits per heavy atom. The van der Waals surface area contributed by atoms with Gasteiger partial charge in [0.2, 0.25) is 0 Å². The van der Waals surface area contributed by atoms with E-state index in [4.69, 9.17) is 26.0 Å². The smallest absolute Gasteiger partial charge is 0.144 e. The SMILES string of the molecule is Clc1cc(-c2ccc3ccc4ccc(-c5ccccc5)nc4c3n2)c2oc3cc(-c4ccccc4)ccc3c2c1. The van der Waals surface area contributed by atoms with E-state index in [1.54, 1.807) is 0 Å². The highest BCUT2D eigenvalue weighted by molar-refractivity contribution is 6.32. The molecule has 0 aliphatic heterocycles. The first kappa shape index (κ1) is 22.9. The summed E-state index contributed by atoms with van der Waals surface area (Å²) in [6.07, 6.45) is 0. The van der Waals surface area contributed by atoms with Crippen LogP contribution in [0.1, 0.15) is 0 Å². The summed E-state index contributed by atoms with van der Waals surface area (Å²) in [4.78, 5) is 10.2. The zero-order valence-electron chi connectivity index (χ0n) is 21.3. The fraction of sp³-hybridized carbons (Fsp3) is 0. The van der Waals surface area contributed by atoms with Crippen LogP contribution >= 0.6 is 11.6 Å². The molecule has 0 saturated heterocycles. The maximum atomic E-state index is 6.68. The molecule has 0 fully saturated rings. The van der Waals surface area contributed by atoms with E-state index in [9.17, 15) is 0 Å². The molecule has 8 rings (SSSR count). The van der Waals surface area contributed by atoms with Crippen molar-refractivity contribution in [2.75, 3.05) is 0 Å². The van der Waals surface area contributed by atoms with Crippen LogP contribution in [0.4, 0.5) is 0 Å². The molecule has 0 spiro atoms. The Balaban J connectivity index is 1.34. The van der Waals surface area contributed by atoms with Crippen molar-refractivity contribution in [2.45, 2.75) is 0 Å². The van der Waals surface area contributed by atoms with Crippen molar-refractivity contribution < 1.29 is 4.42 Å². The van der Waals surface area contributed by atoms with Crippen molar-refractivity contribution in [3.63, 3.8) is 0 Å². The molecule has 188 valence electrons. The third kappa shape index (κ3) is 3.75. The second kappa shape index (κ2) is 9.04. The summed E-state index contributed by atoms with van der Waals surface area (Å²) in [6.45, 7) is 0. The third-order valence-corrected chi connectivity index (χ3v) is 7.73. The normalized spacial score (nSPS) is 11.6. The van der Waals surface area contributed by atoms with E-state index < -0.39 is 0 Å². The Labute approximate surface area is 235 Å². The maximum absolute atomic E-state index is 6.68. The first-order chi connectivity index (χ1) is 19.7. The Bertz CT molecular complexity index is 2220. The summed E-state index contributed by atoms with van der Waals surface area (Å²) in [7, 11) is 0. The van der Waals surface area contributed by atoms with Gasteiger partial charge in [-0.05, 0) is 47.5 Å². The predicted molar refractivity (Wildman–Crippen MR) is 166 cm³/mol. The molecule has 8 aromatic rings. The van der Waals surface area contributed by atoms with Gasteiger partial charge in [-0.2, -0.15) is 0 Å². The van der Waals surface area contributed by atoms with Crippen LogP contribution in [-0.4, -0.2) is 9.97 Å². The Kier molecular flexibility index (Phi) is 5.19. The quantitative estimate of drug-likeness (QED) is 0.212. The van der Waals surface area contributed by atoms with E-state index >= 15 is 0 Å². The van der Waals surface area contributed by atoms with Crippen molar-refractivity contribution in [2.24, 2.45) is 0 Å². The molecule has 0 bridgehead atoms. The van der Waals surface area contributed by atoms with Crippen LogP contribution in [0.2, 0.25) is 5.02 Å². The van der Waals surface area contributed by atoms with Crippen LogP contribution in [0.25, 0.3) is 77.4 Å². The van der Waals surface area contributed by atoms with Crippen LogP contribution in [-0.2, 0) is 0 Å². The number of furan rings is 1. The van der Waals surface area contributed by atoms with Crippen molar-refractivity contribution >= 4 is 55.3 Å². The molecule has 0 aliphatic carbocycles. The van der Waals surface area contributed by atoms with Gasteiger partial charge in [0.1, 0.15) is 11.2 Å². The van der Waals surface area contributed by atoms with Crippen LogP contribution < -0.4 is 0 Å². The van der Waals surface area contributed by atoms with Crippen molar-refractivity contribution in [1.82, 2.24) is 9.97 Å². The van der Waals surface area contributed by atoms with Crippen molar-refractivity contribution in [3.05, 3.63) is 132 Å². The number of hydrogen-bond donors (Lipinski definition) is 0. The van der Waals surface area contributed by atoms with Gasteiger partial charge < -0.3 is 4.42 Å². The van der Waals surface area contributed by atoms with Gasteiger partial charge in [-0.25, -0.2) is 9.97 Å². The molecule has 3 nitrogen and oxygen atoms in total. The highest BCUT2D eigenvalue weighted by Gasteiger charge is 2.17. The van der Waals surface area contributed by atoms with Crippen LogP contribution in [0.15, 0.2) is 132 Å². The number of hydrogen-bond acceptors (Lipinski definition) is 3. The van der Waals surface area contributed by atoms with Crippen LogP contribution in [0, 0.1) is 0 Å². The van der Waals surface area contributed by atoms with Crippen molar-refractivity contribution in [3.8, 4) is 33.6 Å². The summed E-state index contributed by atoms with van der Waals surface area (Å²) in [6, 6.07) is 43.3. The molecule has 3 aromatic heterocycles. The highest BCUT2D eigenvalue weighted by Crippen LogP contribution is 2.39.